The van der Waals surface area contributed by atoms with Crippen molar-refractivity contribution < 1.29 is 9.90 Å². The van der Waals surface area contributed by atoms with Gasteiger partial charge in [0, 0.05) is 25.5 Å². The van der Waals surface area contributed by atoms with Crippen LogP contribution in [0.4, 0.5) is 17.3 Å². The van der Waals surface area contributed by atoms with Gasteiger partial charge in [-0.15, -0.1) is 0 Å². The topological polar surface area (TPSA) is 78.4 Å². The van der Waals surface area contributed by atoms with Gasteiger partial charge < -0.3 is 15.3 Å². The van der Waals surface area contributed by atoms with E-state index in [4.69, 9.17) is 0 Å². The second kappa shape index (κ2) is 9.45. The fourth-order valence-corrected chi connectivity index (χ4v) is 4.45. The van der Waals surface area contributed by atoms with Crippen molar-refractivity contribution in [2.45, 2.75) is 58.8 Å². The Labute approximate surface area is 179 Å². The fourth-order valence-electron chi connectivity index (χ4n) is 4.45. The molecule has 0 aliphatic heterocycles. The molecule has 0 amide bonds. The van der Waals surface area contributed by atoms with E-state index in [1.165, 1.54) is 0 Å². The average molecular weight is 411 g/mol. The lowest BCUT2D eigenvalue weighted by Crippen LogP contribution is -2.34. The predicted octanol–water partition coefficient (Wildman–Crippen LogP) is 5.24. The van der Waals surface area contributed by atoms with Crippen molar-refractivity contribution in [1.29, 1.82) is 0 Å². The summed E-state index contributed by atoms with van der Waals surface area (Å²) in [7, 11) is 0. The van der Waals surface area contributed by atoms with Gasteiger partial charge in [-0.3, -0.25) is 4.79 Å². The number of hydrogen-bond acceptors (Lipinski definition) is 5. The molecule has 2 aromatic rings. The number of aliphatic carboxylic acids is 1. The molecule has 0 spiro atoms. The molecule has 0 saturated heterocycles. The molecular formula is C24H34N4O2. The van der Waals surface area contributed by atoms with Crippen molar-refractivity contribution in [3.05, 3.63) is 42.2 Å². The van der Waals surface area contributed by atoms with E-state index >= 15 is 0 Å². The lowest BCUT2D eigenvalue weighted by Gasteiger charge is -2.32. The van der Waals surface area contributed by atoms with Gasteiger partial charge in [-0.25, -0.2) is 9.97 Å². The number of carbonyl (C=O) groups is 1. The second-order valence-electron chi connectivity index (χ2n) is 9.22. The molecule has 3 rings (SSSR count). The number of nitrogens with one attached hydrogen (secondary N) is 1. The van der Waals surface area contributed by atoms with E-state index in [-0.39, 0.29) is 0 Å². The highest BCUT2D eigenvalue weighted by Crippen LogP contribution is 2.44. The van der Waals surface area contributed by atoms with Crippen molar-refractivity contribution in [3.8, 4) is 0 Å². The molecule has 30 heavy (non-hydrogen) atoms. The standard InChI is InChI=1S/C24H34N4O2/c1-17(2)15-28(16-18(3)4)21-9-8-19(24(22(29)30)10-5-6-11-24)14-20(21)27-23-25-12-7-13-26-23/h7-9,12-14,17-18H,5-6,10-11,15-16H2,1-4H3,(H,29,30)(H,25,26,27). The third kappa shape index (κ3) is 4.91. The summed E-state index contributed by atoms with van der Waals surface area (Å²) in [5.41, 5.74) is 2.00. The lowest BCUT2D eigenvalue weighted by atomic mass is 9.78. The van der Waals surface area contributed by atoms with Crippen LogP contribution >= 0.6 is 0 Å². The Morgan fingerprint density at radius 2 is 1.70 bits per heavy atom. The molecule has 0 atom stereocenters. The maximum absolute atomic E-state index is 12.2. The predicted molar refractivity (Wildman–Crippen MR) is 121 cm³/mol. The SMILES string of the molecule is CC(C)CN(CC(C)C)c1ccc(C2(C(=O)O)CCCC2)cc1Nc1ncccn1. The summed E-state index contributed by atoms with van der Waals surface area (Å²) in [4.78, 5) is 23.3. The Bertz CT molecular complexity index is 836. The number of carboxylic acid groups (broad SMARTS) is 1. The molecule has 0 radical (unpaired) electrons. The largest absolute Gasteiger partial charge is 0.481 e. The Morgan fingerprint density at radius 3 is 2.23 bits per heavy atom. The van der Waals surface area contributed by atoms with E-state index < -0.39 is 11.4 Å². The van der Waals surface area contributed by atoms with Gasteiger partial charge in [0.1, 0.15) is 0 Å². The molecule has 1 aliphatic carbocycles. The van der Waals surface area contributed by atoms with Crippen molar-refractivity contribution in [3.63, 3.8) is 0 Å². The van der Waals surface area contributed by atoms with Gasteiger partial charge in [0.05, 0.1) is 16.8 Å². The molecule has 0 bridgehead atoms. The number of carboxylic acids is 1. The van der Waals surface area contributed by atoms with E-state index in [0.717, 1.165) is 42.9 Å². The molecule has 1 saturated carbocycles. The van der Waals surface area contributed by atoms with Crippen molar-refractivity contribution >= 4 is 23.3 Å². The van der Waals surface area contributed by atoms with E-state index in [2.05, 4.69) is 53.9 Å². The number of aromatic nitrogens is 2. The normalized spacial score (nSPS) is 15.5. The van der Waals surface area contributed by atoms with Crippen LogP contribution in [0, 0.1) is 11.8 Å². The fraction of sp³-hybridized carbons (Fsp3) is 0.542. The smallest absolute Gasteiger partial charge is 0.314 e. The quantitative estimate of drug-likeness (QED) is 0.589. The van der Waals surface area contributed by atoms with Crippen LogP contribution in [0.1, 0.15) is 58.9 Å². The van der Waals surface area contributed by atoms with Gasteiger partial charge in [0.25, 0.3) is 0 Å². The molecule has 6 nitrogen and oxygen atoms in total. The summed E-state index contributed by atoms with van der Waals surface area (Å²) in [5, 5.41) is 13.4. The molecule has 1 heterocycles. The van der Waals surface area contributed by atoms with Gasteiger partial charge >= 0.3 is 5.97 Å². The average Bonchev–Trinajstić information content (AvgIpc) is 3.19. The van der Waals surface area contributed by atoms with E-state index in [1.807, 2.05) is 12.1 Å². The molecule has 1 fully saturated rings. The Kier molecular flexibility index (Phi) is 6.95. The zero-order valence-corrected chi connectivity index (χ0v) is 18.6. The first kappa shape index (κ1) is 22.1. The lowest BCUT2D eigenvalue weighted by molar-refractivity contribution is -0.143. The number of benzene rings is 1. The summed E-state index contributed by atoms with van der Waals surface area (Å²) in [5.74, 6) is 0.797. The first-order valence-electron chi connectivity index (χ1n) is 11.0. The first-order chi connectivity index (χ1) is 14.3. The van der Waals surface area contributed by atoms with Crippen LogP contribution < -0.4 is 10.2 Å². The summed E-state index contributed by atoms with van der Waals surface area (Å²) >= 11 is 0. The molecule has 2 N–H and O–H groups in total. The molecule has 1 aromatic heterocycles. The molecule has 1 aromatic carbocycles. The van der Waals surface area contributed by atoms with Crippen LogP contribution in [0.2, 0.25) is 0 Å². The van der Waals surface area contributed by atoms with Crippen LogP contribution in [-0.2, 0) is 10.2 Å². The Hall–Kier alpha value is -2.63. The van der Waals surface area contributed by atoms with Crippen LogP contribution in [0.5, 0.6) is 0 Å². The van der Waals surface area contributed by atoms with Crippen LogP contribution in [0.25, 0.3) is 0 Å². The zero-order chi connectivity index (χ0) is 21.7. The third-order valence-electron chi connectivity index (χ3n) is 5.74. The minimum absolute atomic E-state index is 0.504. The van der Waals surface area contributed by atoms with Gasteiger partial charge in [0.15, 0.2) is 0 Å². The summed E-state index contributed by atoms with van der Waals surface area (Å²) in [6.45, 7) is 10.7. The van der Waals surface area contributed by atoms with Crippen LogP contribution in [0.3, 0.4) is 0 Å². The van der Waals surface area contributed by atoms with E-state index in [9.17, 15) is 9.90 Å². The van der Waals surface area contributed by atoms with Crippen molar-refractivity contribution in [1.82, 2.24) is 9.97 Å². The number of rotatable bonds is 9. The maximum atomic E-state index is 12.2. The van der Waals surface area contributed by atoms with E-state index in [0.29, 0.717) is 30.6 Å². The molecule has 0 unspecified atom stereocenters. The summed E-state index contributed by atoms with van der Waals surface area (Å²) < 4.78 is 0. The van der Waals surface area contributed by atoms with Gasteiger partial charge in [-0.1, -0.05) is 46.6 Å². The molecule has 162 valence electrons. The Balaban J connectivity index is 2.07. The van der Waals surface area contributed by atoms with Crippen molar-refractivity contribution in [2.75, 3.05) is 23.3 Å². The highest BCUT2D eigenvalue weighted by atomic mass is 16.4. The second-order valence-corrected chi connectivity index (χ2v) is 9.22. The molecule has 6 heteroatoms. The van der Waals surface area contributed by atoms with Gasteiger partial charge in [-0.2, -0.15) is 0 Å². The highest BCUT2D eigenvalue weighted by Gasteiger charge is 2.43. The third-order valence-corrected chi connectivity index (χ3v) is 5.74. The van der Waals surface area contributed by atoms with Gasteiger partial charge in [-0.05, 0) is 48.4 Å². The number of nitrogens with zero attached hydrogens (tertiary/aromatic N) is 3. The summed E-state index contributed by atoms with van der Waals surface area (Å²) in [6.07, 6.45) is 6.68. The minimum atomic E-state index is -0.798. The molecular weight excluding hydrogens is 376 g/mol. The van der Waals surface area contributed by atoms with Gasteiger partial charge in [0.2, 0.25) is 5.95 Å². The van der Waals surface area contributed by atoms with Crippen LogP contribution in [-0.4, -0.2) is 34.1 Å². The Morgan fingerprint density at radius 1 is 1.10 bits per heavy atom. The van der Waals surface area contributed by atoms with E-state index in [1.54, 1.807) is 18.5 Å². The number of hydrogen-bond donors (Lipinski definition) is 2. The van der Waals surface area contributed by atoms with Crippen LogP contribution in [0.15, 0.2) is 36.7 Å². The molecule has 1 aliphatic rings. The zero-order valence-electron chi connectivity index (χ0n) is 18.6. The highest BCUT2D eigenvalue weighted by molar-refractivity contribution is 5.84. The number of anilines is 3. The van der Waals surface area contributed by atoms with Crippen molar-refractivity contribution in [2.24, 2.45) is 11.8 Å². The maximum Gasteiger partial charge on any atom is 0.314 e. The first-order valence-corrected chi connectivity index (χ1v) is 11.0. The summed E-state index contributed by atoms with van der Waals surface area (Å²) in [6, 6.07) is 7.89. The monoisotopic (exact) mass is 410 g/mol. The minimum Gasteiger partial charge on any atom is -0.481 e.